The van der Waals surface area contributed by atoms with Crippen LogP contribution in [0.25, 0.3) is 0 Å². The van der Waals surface area contributed by atoms with Crippen LogP contribution in [0.1, 0.15) is 45.4 Å². The molecule has 5 nitrogen and oxygen atoms in total. The predicted molar refractivity (Wildman–Crippen MR) is 76.5 cm³/mol. The molecule has 1 N–H and O–H groups in total. The molecule has 0 aromatic rings. The minimum Gasteiger partial charge on any atom is -0.481 e. The van der Waals surface area contributed by atoms with E-state index in [0.717, 1.165) is 12.8 Å². The van der Waals surface area contributed by atoms with Crippen molar-refractivity contribution < 1.29 is 14.7 Å². The molecule has 2 atom stereocenters. The Morgan fingerprint density at radius 1 is 1.15 bits per heavy atom. The van der Waals surface area contributed by atoms with Gasteiger partial charge in [0, 0.05) is 26.2 Å². The van der Waals surface area contributed by atoms with Crippen molar-refractivity contribution in [2.24, 2.45) is 11.8 Å². The van der Waals surface area contributed by atoms with E-state index in [2.05, 4.69) is 0 Å². The average Bonchev–Trinajstić information content (AvgIpc) is 2.46. The van der Waals surface area contributed by atoms with Crippen molar-refractivity contribution in [3.63, 3.8) is 0 Å². The Balaban J connectivity index is 1.97. The number of carboxylic acid groups (broad SMARTS) is 1. The lowest BCUT2D eigenvalue weighted by Crippen LogP contribution is -2.52. The molecule has 1 aliphatic heterocycles. The Morgan fingerprint density at radius 3 is 2.40 bits per heavy atom. The molecule has 5 heteroatoms. The number of piperidine rings is 1. The van der Waals surface area contributed by atoms with Gasteiger partial charge in [-0.3, -0.25) is 4.79 Å². The van der Waals surface area contributed by atoms with Gasteiger partial charge in [-0.15, -0.1) is 0 Å². The molecule has 2 unspecified atom stereocenters. The fourth-order valence-electron chi connectivity index (χ4n) is 3.53. The summed E-state index contributed by atoms with van der Waals surface area (Å²) in [7, 11) is 1.87. The maximum atomic E-state index is 12.6. The van der Waals surface area contributed by atoms with Crippen LogP contribution in [0, 0.1) is 11.8 Å². The van der Waals surface area contributed by atoms with Crippen LogP contribution in [0.15, 0.2) is 0 Å². The van der Waals surface area contributed by atoms with E-state index >= 15 is 0 Å². The average molecular weight is 282 g/mol. The van der Waals surface area contributed by atoms with E-state index in [1.165, 1.54) is 19.3 Å². The Hall–Kier alpha value is -1.26. The minimum atomic E-state index is -0.783. The maximum Gasteiger partial charge on any atom is 0.320 e. The SMILES string of the molecule is CC1CC(C(=O)O)CN(C(=O)N(C)C2CCCCC2)C1. The largest absolute Gasteiger partial charge is 0.481 e. The molecule has 2 amide bonds. The standard InChI is InChI=1S/C15H26N2O3/c1-11-8-12(14(18)19)10-17(9-11)15(20)16(2)13-6-4-3-5-7-13/h11-13H,3-10H2,1-2H3,(H,18,19). The first-order chi connectivity index (χ1) is 9.49. The number of carboxylic acids is 1. The van der Waals surface area contributed by atoms with Gasteiger partial charge in [0.15, 0.2) is 0 Å². The first kappa shape index (κ1) is 15.1. The monoisotopic (exact) mass is 282 g/mol. The molecule has 114 valence electrons. The summed E-state index contributed by atoms with van der Waals surface area (Å²) in [5.41, 5.74) is 0. The summed E-state index contributed by atoms with van der Waals surface area (Å²) < 4.78 is 0. The van der Waals surface area contributed by atoms with Crippen LogP contribution in [-0.2, 0) is 4.79 Å². The summed E-state index contributed by atoms with van der Waals surface area (Å²) in [6, 6.07) is 0.339. The Kier molecular flexibility index (Phi) is 4.89. The van der Waals surface area contributed by atoms with Gasteiger partial charge in [-0.25, -0.2) is 4.79 Å². The number of carbonyl (C=O) groups is 2. The van der Waals surface area contributed by atoms with Crippen molar-refractivity contribution in [3.05, 3.63) is 0 Å². The lowest BCUT2D eigenvalue weighted by atomic mass is 9.90. The summed E-state index contributed by atoms with van der Waals surface area (Å²) in [5, 5.41) is 9.19. The van der Waals surface area contributed by atoms with Gasteiger partial charge in [0.1, 0.15) is 0 Å². The first-order valence-corrected chi connectivity index (χ1v) is 7.73. The summed E-state index contributed by atoms with van der Waals surface area (Å²) in [4.78, 5) is 27.3. The number of rotatable bonds is 2. The molecule has 2 rings (SSSR count). The zero-order valence-corrected chi connectivity index (χ0v) is 12.5. The molecule has 2 aliphatic rings. The summed E-state index contributed by atoms with van der Waals surface area (Å²) in [5.74, 6) is -0.939. The van der Waals surface area contributed by atoms with E-state index in [-0.39, 0.29) is 11.9 Å². The molecule has 0 bridgehead atoms. The smallest absolute Gasteiger partial charge is 0.320 e. The van der Waals surface area contributed by atoms with Crippen molar-refractivity contribution in [1.29, 1.82) is 0 Å². The van der Waals surface area contributed by atoms with Gasteiger partial charge in [-0.2, -0.15) is 0 Å². The number of urea groups is 1. The third-order valence-corrected chi connectivity index (χ3v) is 4.70. The second-order valence-corrected chi connectivity index (χ2v) is 6.47. The lowest BCUT2D eigenvalue weighted by molar-refractivity contribution is -0.143. The Labute approximate surface area is 120 Å². The number of likely N-dealkylation sites (tertiary alicyclic amines) is 1. The highest BCUT2D eigenvalue weighted by Gasteiger charge is 2.34. The highest BCUT2D eigenvalue weighted by Crippen LogP contribution is 2.26. The van der Waals surface area contributed by atoms with Gasteiger partial charge in [0.25, 0.3) is 0 Å². The molecule has 0 radical (unpaired) electrons. The third kappa shape index (κ3) is 3.44. The second-order valence-electron chi connectivity index (χ2n) is 6.47. The molecule has 1 aliphatic carbocycles. The minimum absolute atomic E-state index is 0.00898. The topological polar surface area (TPSA) is 60.9 Å². The quantitative estimate of drug-likeness (QED) is 0.846. The van der Waals surface area contributed by atoms with Crippen LogP contribution in [0.4, 0.5) is 4.79 Å². The Bertz CT molecular complexity index is 366. The molecule has 0 aromatic heterocycles. The highest BCUT2D eigenvalue weighted by molar-refractivity contribution is 5.76. The number of amides is 2. The van der Waals surface area contributed by atoms with Crippen LogP contribution < -0.4 is 0 Å². The number of nitrogens with zero attached hydrogens (tertiary/aromatic N) is 2. The van der Waals surface area contributed by atoms with E-state index in [1.807, 2.05) is 18.9 Å². The second kappa shape index (κ2) is 6.46. The molecule has 1 heterocycles. The summed E-state index contributed by atoms with van der Waals surface area (Å²) in [6.07, 6.45) is 6.47. The van der Waals surface area contributed by atoms with Gasteiger partial charge < -0.3 is 14.9 Å². The van der Waals surface area contributed by atoms with Crippen LogP contribution in [0.2, 0.25) is 0 Å². The van der Waals surface area contributed by atoms with Crippen molar-refractivity contribution in [2.45, 2.75) is 51.5 Å². The lowest BCUT2D eigenvalue weighted by Gasteiger charge is -2.40. The molecular weight excluding hydrogens is 256 g/mol. The fourth-order valence-corrected chi connectivity index (χ4v) is 3.53. The number of hydrogen-bond donors (Lipinski definition) is 1. The van der Waals surface area contributed by atoms with Gasteiger partial charge in [0.05, 0.1) is 5.92 Å². The van der Waals surface area contributed by atoms with Gasteiger partial charge >= 0.3 is 12.0 Å². The van der Waals surface area contributed by atoms with Crippen molar-refractivity contribution in [2.75, 3.05) is 20.1 Å². The summed E-state index contributed by atoms with van der Waals surface area (Å²) in [6.45, 7) is 3.06. The van der Waals surface area contributed by atoms with E-state index in [0.29, 0.717) is 25.6 Å². The summed E-state index contributed by atoms with van der Waals surface area (Å²) >= 11 is 0. The van der Waals surface area contributed by atoms with E-state index < -0.39 is 11.9 Å². The van der Waals surface area contributed by atoms with Crippen molar-refractivity contribution in [1.82, 2.24) is 9.80 Å². The zero-order valence-electron chi connectivity index (χ0n) is 12.5. The van der Waals surface area contributed by atoms with Gasteiger partial charge in [-0.05, 0) is 25.2 Å². The normalized spacial score (nSPS) is 28.2. The van der Waals surface area contributed by atoms with Gasteiger partial charge in [-0.1, -0.05) is 26.2 Å². The van der Waals surface area contributed by atoms with Gasteiger partial charge in [0.2, 0.25) is 0 Å². The van der Waals surface area contributed by atoms with Crippen molar-refractivity contribution in [3.8, 4) is 0 Å². The number of hydrogen-bond acceptors (Lipinski definition) is 2. The number of carbonyl (C=O) groups excluding carboxylic acids is 1. The van der Waals surface area contributed by atoms with Crippen LogP contribution in [0.5, 0.6) is 0 Å². The number of aliphatic carboxylic acids is 1. The molecule has 1 saturated heterocycles. The zero-order chi connectivity index (χ0) is 14.7. The molecule has 2 fully saturated rings. The molecule has 1 saturated carbocycles. The molecule has 0 aromatic carbocycles. The molecule has 20 heavy (non-hydrogen) atoms. The maximum absolute atomic E-state index is 12.6. The van der Waals surface area contributed by atoms with E-state index in [4.69, 9.17) is 0 Å². The fraction of sp³-hybridized carbons (Fsp3) is 0.867. The van der Waals surface area contributed by atoms with Crippen LogP contribution in [0.3, 0.4) is 0 Å². The molecular formula is C15H26N2O3. The van der Waals surface area contributed by atoms with E-state index in [9.17, 15) is 14.7 Å². The van der Waals surface area contributed by atoms with Crippen molar-refractivity contribution >= 4 is 12.0 Å². The van der Waals surface area contributed by atoms with E-state index in [1.54, 1.807) is 4.90 Å². The first-order valence-electron chi connectivity index (χ1n) is 7.73. The predicted octanol–water partition coefficient (Wildman–Crippen LogP) is 2.41. The highest BCUT2D eigenvalue weighted by atomic mass is 16.4. The van der Waals surface area contributed by atoms with Crippen LogP contribution >= 0.6 is 0 Å². The van der Waals surface area contributed by atoms with Crippen LogP contribution in [-0.4, -0.2) is 53.1 Å². The third-order valence-electron chi connectivity index (χ3n) is 4.70. The molecule has 0 spiro atoms. The Morgan fingerprint density at radius 2 is 1.80 bits per heavy atom.